The second kappa shape index (κ2) is 12.1. The summed E-state index contributed by atoms with van der Waals surface area (Å²) in [6.07, 6.45) is 1.36. The van der Waals surface area contributed by atoms with Crippen LogP contribution in [-0.4, -0.2) is 78.2 Å². The van der Waals surface area contributed by atoms with Gasteiger partial charge in [-0.3, -0.25) is 9.69 Å². The number of amides is 1. The molecule has 2 aromatic heterocycles. The molecule has 0 radical (unpaired) electrons. The van der Waals surface area contributed by atoms with Crippen LogP contribution in [0.15, 0.2) is 48.2 Å². The van der Waals surface area contributed by atoms with Crippen LogP contribution in [-0.2, 0) is 4.79 Å². The Hall–Kier alpha value is -4.09. The van der Waals surface area contributed by atoms with Crippen LogP contribution in [0.1, 0.15) is 70.3 Å². The first kappa shape index (κ1) is 31.3. The van der Waals surface area contributed by atoms with Crippen molar-refractivity contribution in [3.05, 3.63) is 71.0 Å². The SMILES string of the molecule is C=CC(=O)N1[C@H](C)CN(C2=NC(O)N(c3c(C(C)C)ncnc3C(C)C)c3nc(-c4c(O)cccc4F)c(Cl)cc32)C[C@@H]1C. The molecule has 0 bridgehead atoms. The molecule has 12 heteroatoms. The van der Waals surface area contributed by atoms with Crippen molar-refractivity contribution in [3.8, 4) is 17.0 Å². The molecule has 1 fully saturated rings. The van der Waals surface area contributed by atoms with E-state index in [0.717, 1.165) is 0 Å². The van der Waals surface area contributed by atoms with Crippen molar-refractivity contribution >= 4 is 34.8 Å². The van der Waals surface area contributed by atoms with Crippen molar-refractivity contribution in [1.29, 1.82) is 0 Å². The number of carbonyl (C=O) groups excluding carboxylic acids is 1. The fourth-order valence-corrected chi connectivity index (χ4v) is 6.35. The third-order valence-electron chi connectivity index (χ3n) is 7.98. The number of anilines is 2. The number of aromatic hydroxyl groups is 1. The van der Waals surface area contributed by atoms with Crippen LogP contribution >= 0.6 is 11.6 Å². The van der Waals surface area contributed by atoms with Gasteiger partial charge in [0.15, 0.2) is 0 Å². The van der Waals surface area contributed by atoms with Gasteiger partial charge in [0.25, 0.3) is 0 Å². The van der Waals surface area contributed by atoms with E-state index in [4.69, 9.17) is 21.6 Å². The molecule has 10 nitrogen and oxygen atoms in total. The second-order valence-electron chi connectivity index (χ2n) is 11.8. The van der Waals surface area contributed by atoms with Crippen LogP contribution in [0.25, 0.3) is 11.3 Å². The summed E-state index contributed by atoms with van der Waals surface area (Å²) < 4.78 is 15.2. The summed E-state index contributed by atoms with van der Waals surface area (Å²) in [5.41, 5.74) is 2.26. The van der Waals surface area contributed by atoms with E-state index in [1.54, 1.807) is 15.9 Å². The van der Waals surface area contributed by atoms with Gasteiger partial charge in [-0.25, -0.2) is 24.3 Å². The van der Waals surface area contributed by atoms with Crippen LogP contribution in [0.3, 0.4) is 0 Å². The van der Waals surface area contributed by atoms with Gasteiger partial charge in [-0.15, -0.1) is 0 Å². The van der Waals surface area contributed by atoms with Gasteiger partial charge in [-0.05, 0) is 50.0 Å². The maximum atomic E-state index is 15.2. The van der Waals surface area contributed by atoms with Gasteiger partial charge in [0.05, 0.1) is 38.9 Å². The molecule has 1 aromatic carbocycles. The molecule has 3 atom stereocenters. The molecule has 0 spiro atoms. The quantitative estimate of drug-likeness (QED) is 0.355. The smallest absolute Gasteiger partial charge is 0.246 e. The number of rotatable bonds is 5. The Morgan fingerprint density at radius 2 is 1.73 bits per heavy atom. The van der Waals surface area contributed by atoms with E-state index >= 15 is 4.39 Å². The second-order valence-corrected chi connectivity index (χ2v) is 12.3. The number of benzene rings is 1. The third kappa shape index (κ3) is 5.39. The standard InChI is InChI=1S/C32H37ClFN7O3/c1-8-24(43)40-18(6)13-39(14-19(40)7)30-20-12-21(33)28(25-22(34)10-9-11-23(25)42)37-31(20)41(32(44)38-30)29-26(16(2)3)35-15-36-27(29)17(4)5/h8-12,15-19,32,42,44H,1,13-14H2,2-7H3/t18-,19+,32?. The van der Waals surface area contributed by atoms with Crippen molar-refractivity contribution in [1.82, 2.24) is 24.8 Å². The molecule has 2 N–H and O–H groups in total. The number of phenolic OH excluding ortho intramolecular Hbond substituents is 1. The topological polar surface area (TPSA) is 118 Å². The van der Waals surface area contributed by atoms with Crippen molar-refractivity contribution in [3.63, 3.8) is 0 Å². The Bertz CT molecular complexity index is 1590. The van der Waals surface area contributed by atoms with Gasteiger partial charge in [0.2, 0.25) is 12.3 Å². The van der Waals surface area contributed by atoms with E-state index in [-0.39, 0.29) is 57.7 Å². The number of halogens is 2. The highest BCUT2D eigenvalue weighted by atomic mass is 35.5. The summed E-state index contributed by atoms with van der Waals surface area (Å²) >= 11 is 6.79. The molecular weight excluding hydrogens is 585 g/mol. The minimum Gasteiger partial charge on any atom is -0.507 e. The number of piperazine rings is 1. The van der Waals surface area contributed by atoms with Gasteiger partial charge in [0, 0.05) is 25.2 Å². The molecule has 232 valence electrons. The minimum absolute atomic E-state index is 0.0108. The summed E-state index contributed by atoms with van der Waals surface area (Å²) in [5.74, 6) is -0.593. The molecular formula is C32H37ClFN7O3. The summed E-state index contributed by atoms with van der Waals surface area (Å²) in [7, 11) is 0. The molecule has 1 unspecified atom stereocenters. The summed E-state index contributed by atoms with van der Waals surface area (Å²) in [4.78, 5) is 36.7. The predicted molar refractivity (Wildman–Crippen MR) is 169 cm³/mol. The fourth-order valence-electron chi connectivity index (χ4n) is 6.10. The number of hydrogen-bond acceptors (Lipinski definition) is 9. The van der Waals surface area contributed by atoms with E-state index in [0.29, 0.717) is 41.6 Å². The van der Waals surface area contributed by atoms with Gasteiger partial charge in [0.1, 0.15) is 29.5 Å². The van der Waals surface area contributed by atoms with Gasteiger partial charge >= 0.3 is 0 Å². The van der Waals surface area contributed by atoms with Gasteiger partial charge in [-0.1, -0.05) is 51.9 Å². The number of aromatic nitrogens is 3. The van der Waals surface area contributed by atoms with E-state index in [1.165, 1.54) is 30.6 Å². The number of carbonyl (C=O) groups is 1. The van der Waals surface area contributed by atoms with Crippen molar-refractivity contribution in [2.75, 3.05) is 18.0 Å². The molecule has 0 saturated carbocycles. The maximum absolute atomic E-state index is 15.2. The largest absolute Gasteiger partial charge is 0.507 e. The highest BCUT2D eigenvalue weighted by Crippen LogP contribution is 2.44. The summed E-state index contributed by atoms with van der Waals surface area (Å²) in [6.45, 7) is 16.3. The molecule has 3 aromatic rings. The lowest BCUT2D eigenvalue weighted by atomic mass is 9.99. The Labute approximate surface area is 261 Å². The highest BCUT2D eigenvalue weighted by molar-refractivity contribution is 6.33. The molecule has 1 saturated heterocycles. The zero-order valence-corrected chi connectivity index (χ0v) is 26.4. The van der Waals surface area contributed by atoms with Gasteiger partial charge in [-0.2, -0.15) is 0 Å². The zero-order chi connectivity index (χ0) is 32.0. The predicted octanol–water partition coefficient (Wildman–Crippen LogP) is 5.56. The lowest BCUT2D eigenvalue weighted by molar-refractivity contribution is -0.132. The number of pyridine rings is 1. The average molecular weight is 622 g/mol. The lowest BCUT2D eigenvalue weighted by Gasteiger charge is -2.46. The van der Waals surface area contributed by atoms with Crippen LogP contribution in [0.4, 0.5) is 15.9 Å². The molecule has 44 heavy (non-hydrogen) atoms. The number of hydrogen-bond donors (Lipinski definition) is 2. The number of fused-ring (bicyclic) bond motifs is 1. The van der Waals surface area contributed by atoms with Crippen LogP contribution in [0, 0.1) is 5.82 Å². The number of amidine groups is 1. The molecule has 5 rings (SSSR count). The van der Waals surface area contributed by atoms with Crippen molar-refractivity contribution < 1.29 is 19.4 Å². The fraction of sp³-hybridized carbons (Fsp3) is 0.406. The van der Waals surface area contributed by atoms with Crippen LogP contribution in [0.2, 0.25) is 5.02 Å². The van der Waals surface area contributed by atoms with E-state index in [2.05, 4.69) is 16.5 Å². The van der Waals surface area contributed by atoms with E-state index in [9.17, 15) is 15.0 Å². The third-order valence-corrected chi connectivity index (χ3v) is 8.27. The van der Waals surface area contributed by atoms with Crippen molar-refractivity contribution in [2.45, 2.75) is 71.8 Å². The lowest BCUT2D eigenvalue weighted by Crippen LogP contribution is -2.60. The molecule has 2 aliphatic heterocycles. The Morgan fingerprint density at radius 3 is 2.27 bits per heavy atom. The summed E-state index contributed by atoms with van der Waals surface area (Å²) in [5, 5.41) is 22.6. The normalized spacial score (nSPS) is 20.2. The molecule has 2 aliphatic rings. The van der Waals surface area contributed by atoms with Crippen molar-refractivity contribution in [2.24, 2.45) is 4.99 Å². The first-order chi connectivity index (χ1) is 20.8. The highest BCUT2D eigenvalue weighted by Gasteiger charge is 2.40. The van der Waals surface area contributed by atoms with Crippen LogP contribution < -0.4 is 4.90 Å². The van der Waals surface area contributed by atoms with E-state index < -0.39 is 12.2 Å². The number of aliphatic hydroxyl groups excluding tert-OH is 1. The number of phenols is 1. The Kier molecular flexibility index (Phi) is 8.64. The minimum atomic E-state index is -1.45. The molecule has 1 amide bonds. The number of aliphatic hydroxyl groups is 1. The molecule has 0 aliphatic carbocycles. The Morgan fingerprint density at radius 1 is 1.11 bits per heavy atom. The average Bonchev–Trinajstić information content (AvgIpc) is 2.96. The first-order valence-corrected chi connectivity index (χ1v) is 15.0. The van der Waals surface area contributed by atoms with Gasteiger partial charge < -0.3 is 20.0 Å². The molecule has 4 heterocycles. The first-order valence-electron chi connectivity index (χ1n) is 14.6. The Balaban J connectivity index is 1.76. The summed E-state index contributed by atoms with van der Waals surface area (Å²) in [6, 6.07) is 5.23. The number of aliphatic imine (C=N–C) groups is 1. The number of nitrogens with zero attached hydrogens (tertiary/aromatic N) is 7. The maximum Gasteiger partial charge on any atom is 0.246 e. The zero-order valence-electron chi connectivity index (χ0n) is 25.7. The van der Waals surface area contributed by atoms with E-state index in [1.807, 2.05) is 46.4 Å². The van der Waals surface area contributed by atoms with Crippen LogP contribution in [0.5, 0.6) is 5.75 Å². The monoisotopic (exact) mass is 621 g/mol.